The molecular formula is C10H16N2O8. The normalized spacial score (nSPS) is 12.1. The zero-order valence-electron chi connectivity index (χ0n) is 10.5. The lowest BCUT2D eigenvalue weighted by Gasteiger charge is -2.29. The van der Waals surface area contributed by atoms with E-state index in [1.807, 2.05) is 0 Å². The average Bonchev–Trinajstić information content (AvgIpc) is 2.26. The highest BCUT2D eigenvalue weighted by Crippen LogP contribution is 2.05. The summed E-state index contributed by atoms with van der Waals surface area (Å²) in [5.74, 6) is -4.99. The number of carboxylic acid groups (broad SMARTS) is 4. The molecular weight excluding hydrogens is 276 g/mol. The van der Waals surface area contributed by atoms with E-state index in [4.69, 9.17) is 20.4 Å². The predicted octanol–water partition coefficient (Wildman–Crippen LogP) is -1.68. The van der Waals surface area contributed by atoms with Gasteiger partial charge in [-0.1, -0.05) is 0 Å². The van der Waals surface area contributed by atoms with Crippen LogP contribution in [0.4, 0.5) is 0 Å². The summed E-state index contributed by atoms with van der Waals surface area (Å²) in [6.07, 6.45) is -1.45. The van der Waals surface area contributed by atoms with Gasteiger partial charge < -0.3 is 20.4 Å². The summed E-state index contributed by atoms with van der Waals surface area (Å²) in [6, 6.07) is 0. The molecule has 0 aliphatic carbocycles. The van der Waals surface area contributed by atoms with Gasteiger partial charge in [-0.25, -0.2) is 0 Å². The molecule has 0 aromatic carbocycles. The number of carboxylic acids is 4. The molecule has 0 aliphatic rings. The lowest BCUT2D eigenvalue weighted by molar-refractivity contribution is -0.143. The van der Waals surface area contributed by atoms with E-state index in [0.29, 0.717) is 0 Å². The Kier molecular flexibility index (Phi) is 7.85. The fraction of sp³-hybridized carbons (Fsp3) is 0.600. The first kappa shape index (κ1) is 17.8. The van der Waals surface area contributed by atoms with E-state index in [1.54, 1.807) is 0 Å². The number of nitrogens with one attached hydrogen (secondary N) is 1. The molecule has 0 spiro atoms. The minimum absolute atomic E-state index is 0.122. The van der Waals surface area contributed by atoms with E-state index in [-0.39, 0.29) is 12.8 Å². The van der Waals surface area contributed by atoms with Gasteiger partial charge in [0.05, 0.1) is 25.8 Å². The summed E-state index contributed by atoms with van der Waals surface area (Å²) < 4.78 is 0. The fourth-order valence-electron chi connectivity index (χ4n) is 1.50. The third-order valence-electron chi connectivity index (χ3n) is 2.24. The Morgan fingerprint density at radius 3 is 1.70 bits per heavy atom. The molecule has 1 unspecified atom stereocenters. The van der Waals surface area contributed by atoms with Crippen molar-refractivity contribution in [1.82, 2.24) is 10.2 Å². The zero-order valence-corrected chi connectivity index (χ0v) is 10.5. The Hall–Kier alpha value is -2.20. The van der Waals surface area contributed by atoms with Crippen molar-refractivity contribution in [3.8, 4) is 0 Å². The molecule has 0 heterocycles. The van der Waals surface area contributed by atoms with Crippen molar-refractivity contribution in [3.05, 3.63) is 0 Å². The molecule has 0 amide bonds. The van der Waals surface area contributed by atoms with Crippen LogP contribution in [-0.2, 0) is 19.2 Å². The number of hydrogen-bond donors (Lipinski definition) is 5. The predicted molar refractivity (Wildman–Crippen MR) is 63.1 cm³/mol. The second kappa shape index (κ2) is 8.82. The van der Waals surface area contributed by atoms with Crippen LogP contribution in [0.1, 0.15) is 12.8 Å². The first-order valence-electron chi connectivity index (χ1n) is 5.57. The SMILES string of the molecule is O=C(O)CCC(NCC(=O)O)N(CC(=O)O)CC(=O)O. The molecule has 0 saturated heterocycles. The van der Waals surface area contributed by atoms with E-state index in [9.17, 15) is 19.2 Å². The summed E-state index contributed by atoms with van der Waals surface area (Å²) >= 11 is 0. The van der Waals surface area contributed by atoms with Crippen molar-refractivity contribution in [1.29, 1.82) is 0 Å². The lowest BCUT2D eigenvalue weighted by atomic mass is 10.2. The van der Waals surface area contributed by atoms with Gasteiger partial charge in [-0.2, -0.15) is 0 Å². The van der Waals surface area contributed by atoms with Crippen molar-refractivity contribution >= 4 is 23.9 Å². The highest BCUT2D eigenvalue weighted by atomic mass is 16.4. The number of aliphatic carboxylic acids is 4. The van der Waals surface area contributed by atoms with Gasteiger partial charge in [0, 0.05) is 6.42 Å². The van der Waals surface area contributed by atoms with Crippen molar-refractivity contribution in [2.24, 2.45) is 0 Å². The Bertz CT molecular complexity index is 349. The summed E-state index contributed by atoms with van der Waals surface area (Å²) in [6.45, 7) is -1.84. The highest BCUT2D eigenvalue weighted by Gasteiger charge is 2.24. The highest BCUT2D eigenvalue weighted by molar-refractivity contribution is 5.73. The van der Waals surface area contributed by atoms with Crippen LogP contribution >= 0.6 is 0 Å². The molecule has 0 radical (unpaired) electrons. The monoisotopic (exact) mass is 292 g/mol. The molecule has 0 bridgehead atoms. The van der Waals surface area contributed by atoms with Crippen LogP contribution in [0.5, 0.6) is 0 Å². The molecule has 5 N–H and O–H groups in total. The van der Waals surface area contributed by atoms with Crippen LogP contribution in [0.25, 0.3) is 0 Å². The topological polar surface area (TPSA) is 164 Å². The largest absolute Gasteiger partial charge is 0.481 e. The summed E-state index contributed by atoms with van der Waals surface area (Å²) in [7, 11) is 0. The molecule has 0 aromatic heterocycles. The first-order chi connectivity index (χ1) is 9.22. The van der Waals surface area contributed by atoms with E-state index in [0.717, 1.165) is 4.90 Å². The van der Waals surface area contributed by atoms with Gasteiger partial charge in [0.1, 0.15) is 0 Å². The molecule has 0 aromatic rings. The van der Waals surface area contributed by atoms with Crippen LogP contribution in [0.2, 0.25) is 0 Å². The Morgan fingerprint density at radius 2 is 1.35 bits per heavy atom. The molecule has 0 aliphatic heterocycles. The van der Waals surface area contributed by atoms with Crippen molar-refractivity contribution in [2.45, 2.75) is 19.0 Å². The fourth-order valence-corrected chi connectivity index (χ4v) is 1.50. The van der Waals surface area contributed by atoms with Crippen molar-refractivity contribution < 1.29 is 39.6 Å². The number of hydrogen-bond acceptors (Lipinski definition) is 6. The zero-order chi connectivity index (χ0) is 15.7. The van der Waals surface area contributed by atoms with Gasteiger partial charge in [0.25, 0.3) is 0 Å². The Labute approximate surface area is 113 Å². The van der Waals surface area contributed by atoms with Crippen molar-refractivity contribution in [2.75, 3.05) is 19.6 Å². The van der Waals surface area contributed by atoms with Gasteiger partial charge >= 0.3 is 23.9 Å². The maximum atomic E-state index is 10.7. The minimum atomic E-state index is -1.30. The maximum Gasteiger partial charge on any atom is 0.317 e. The molecule has 114 valence electrons. The third-order valence-corrected chi connectivity index (χ3v) is 2.24. The van der Waals surface area contributed by atoms with Crippen LogP contribution in [0.15, 0.2) is 0 Å². The van der Waals surface area contributed by atoms with Crippen LogP contribution in [0.3, 0.4) is 0 Å². The van der Waals surface area contributed by atoms with Crippen LogP contribution in [-0.4, -0.2) is 75.0 Å². The van der Waals surface area contributed by atoms with Gasteiger partial charge in [-0.05, 0) is 6.42 Å². The van der Waals surface area contributed by atoms with E-state index < -0.39 is 49.7 Å². The summed E-state index contributed by atoms with van der Waals surface area (Å²) in [4.78, 5) is 43.3. The summed E-state index contributed by atoms with van der Waals surface area (Å²) in [5.41, 5.74) is 0. The van der Waals surface area contributed by atoms with Gasteiger partial charge in [0.2, 0.25) is 0 Å². The first-order valence-corrected chi connectivity index (χ1v) is 5.57. The lowest BCUT2D eigenvalue weighted by Crippen LogP contribution is -2.51. The molecule has 0 saturated carbocycles. The number of rotatable bonds is 11. The molecule has 0 rings (SSSR count). The second-order valence-corrected chi connectivity index (χ2v) is 3.92. The maximum absolute atomic E-state index is 10.7. The second-order valence-electron chi connectivity index (χ2n) is 3.92. The quantitative estimate of drug-likeness (QED) is 0.278. The molecule has 10 heteroatoms. The minimum Gasteiger partial charge on any atom is -0.481 e. The Balaban J connectivity index is 4.83. The van der Waals surface area contributed by atoms with Crippen LogP contribution < -0.4 is 5.32 Å². The van der Waals surface area contributed by atoms with Gasteiger partial charge in [-0.3, -0.25) is 29.4 Å². The molecule has 10 nitrogen and oxygen atoms in total. The van der Waals surface area contributed by atoms with Crippen molar-refractivity contribution in [3.63, 3.8) is 0 Å². The molecule has 1 atom stereocenters. The summed E-state index contributed by atoms with van der Waals surface area (Å²) in [5, 5.41) is 37.0. The van der Waals surface area contributed by atoms with Crippen LogP contribution in [0, 0.1) is 0 Å². The average molecular weight is 292 g/mol. The van der Waals surface area contributed by atoms with E-state index in [2.05, 4.69) is 5.32 Å². The standard InChI is InChI=1S/C10H16N2O8/c13-7(14)2-1-6(11-3-8(15)16)12(4-9(17)18)5-10(19)20/h6,11H,1-5H2,(H,13,14)(H,15,16)(H,17,18)(H,19,20). The third kappa shape index (κ3) is 8.83. The Morgan fingerprint density at radius 1 is 0.850 bits per heavy atom. The number of carbonyl (C=O) groups is 4. The molecule has 0 fully saturated rings. The van der Waals surface area contributed by atoms with Gasteiger partial charge in [-0.15, -0.1) is 0 Å². The van der Waals surface area contributed by atoms with E-state index >= 15 is 0 Å². The smallest absolute Gasteiger partial charge is 0.317 e. The number of nitrogens with zero attached hydrogens (tertiary/aromatic N) is 1. The van der Waals surface area contributed by atoms with Gasteiger partial charge in [0.15, 0.2) is 0 Å². The molecule has 20 heavy (non-hydrogen) atoms. The van der Waals surface area contributed by atoms with E-state index in [1.165, 1.54) is 0 Å².